The van der Waals surface area contributed by atoms with Crippen LogP contribution in [-0.2, 0) is 16.6 Å². The third-order valence-electron chi connectivity index (χ3n) is 3.17. The van der Waals surface area contributed by atoms with E-state index in [2.05, 4.69) is 0 Å². The maximum absolute atomic E-state index is 12.2. The van der Waals surface area contributed by atoms with Crippen LogP contribution in [0.5, 0.6) is 0 Å². The highest BCUT2D eigenvalue weighted by Gasteiger charge is 2.17. The van der Waals surface area contributed by atoms with E-state index in [1.807, 2.05) is 19.0 Å². The van der Waals surface area contributed by atoms with Crippen LogP contribution in [0, 0.1) is 0 Å². The van der Waals surface area contributed by atoms with Crippen LogP contribution < -0.4 is 0 Å². The summed E-state index contributed by atoms with van der Waals surface area (Å²) in [4.78, 5) is 12.9. The van der Waals surface area contributed by atoms with E-state index < -0.39 is 10.0 Å². The molecule has 2 rings (SSSR count). The maximum atomic E-state index is 12.2. The zero-order chi connectivity index (χ0) is 14.9. The Bertz CT molecular complexity index is 745. The van der Waals surface area contributed by atoms with Gasteiger partial charge in [-0.3, -0.25) is 4.79 Å². The third kappa shape index (κ3) is 2.62. The second-order valence-corrected chi connectivity index (χ2v) is 7.12. The average molecular weight is 294 g/mol. The van der Waals surface area contributed by atoms with Crippen molar-refractivity contribution in [1.29, 1.82) is 0 Å². The zero-order valence-electron chi connectivity index (χ0n) is 11.8. The molecule has 0 aliphatic carbocycles. The Labute approximate surface area is 118 Å². The summed E-state index contributed by atoms with van der Waals surface area (Å²) < 4.78 is 25.6. The van der Waals surface area contributed by atoms with Crippen LogP contribution in [0.25, 0.3) is 10.9 Å². The lowest BCUT2D eigenvalue weighted by molar-refractivity contribution is 0.112. The number of hydrogen-bond acceptors (Lipinski definition) is 4. The van der Waals surface area contributed by atoms with Crippen molar-refractivity contribution in [3.05, 3.63) is 35.5 Å². The highest BCUT2D eigenvalue weighted by molar-refractivity contribution is 7.90. The van der Waals surface area contributed by atoms with Crippen LogP contribution >= 0.6 is 0 Å². The normalized spacial score (nSPS) is 12.2. The molecule has 108 valence electrons. The van der Waals surface area contributed by atoms with E-state index in [1.54, 1.807) is 31.3 Å². The molecular weight excluding hydrogens is 276 g/mol. The van der Waals surface area contributed by atoms with E-state index in [-0.39, 0.29) is 5.75 Å². The van der Waals surface area contributed by atoms with E-state index >= 15 is 0 Å². The van der Waals surface area contributed by atoms with Crippen molar-refractivity contribution in [2.75, 3.05) is 19.8 Å². The lowest BCUT2D eigenvalue weighted by Gasteiger charge is -2.07. The summed E-state index contributed by atoms with van der Waals surface area (Å²) in [5, 5.41) is 0.862. The smallest absolute Gasteiger partial charge is 0.238 e. The first-order valence-electron chi connectivity index (χ1n) is 6.36. The first-order valence-corrected chi connectivity index (χ1v) is 7.97. The number of rotatable bonds is 5. The molecule has 5 nitrogen and oxygen atoms in total. The van der Waals surface area contributed by atoms with Crippen molar-refractivity contribution in [3.63, 3.8) is 0 Å². The fraction of sp³-hybridized carbons (Fsp3) is 0.357. The number of fused-ring (bicyclic) bond motifs is 1. The molecule has 1 aromatic carbocycles. The molecule has 0 atom stereocenters. The number of hydrogen-bond donors (Lipinski definition) is 0. The fourth-order valence-corrected chi connectivity index (χ4v) is 3.21. The molecular formula is C14H18N2O3S. The SMILES string of the molecule is CCS(=O)(=O)n1cc(CN(C)C)c2ccc(C=O)cc21. The van der Waals surface area contributed by atoms with Gasteiger partial charge in [0.25, 0.3) is 0 Å². The van der Waals surface area contributed by atoms with Crippen molar-refractivity contribution in [3.8, 4) is 0 Å². The summed E-state index contributed by atoms with van der Waals surface area (Å²) >= 11 is 0. The summed E-state index contributed by atoms with van der Waals surface area (Å²) in [7, 11) is 0.473. The molecule has 0 saturated heterocycles. The Kier molecular flexibility index (Phi) is 3.96. The lowest BCUT2D eigenvalue weighted by Crippen LogP contribution is -2.14. The van der Waals surface area contributed by atoms with Crippen LogP contribution in [0.1, 0.15) is 22.8 Å². The minimum atomic E-state index is -3.38. The molecule has 0 saturated carbocycles. The summed E-state index contributed by atoms with van der Waals surface area (Å²) in [6.45, 7) is 2.25. The zero-order valence-corrected chi connectivity index (χ0v) is 12.6. The van der Waals surface area contributed by atoms with Crippen molar-refractivity contribution >= 4 is 27.2 Å². The minimum Gasteiger partial charge on any atom is -0.305 e. The van der Waals surface area contributed by atoms with E-state index in [4.69, 9.17) is 0 Å². The highest BCUT2D eigenvalue weighted by atomic mass is 32.2. The fourth-order valence-electron chi connectivity index (χ4n) is 2.19. The maximum Gasteiger partial charge on any atom is 0.238 e. The lowest BCUT2D eigenvalue weighted by atomic mass is 10.1. The number of carbonyl (C=O) groups excluding carboxylic acids is 1. The van der Waals surface area contributed by atoms with Gasteiger partial charge in [-0.05, 0) is 32.6 Å². The highest BCUT2D eigenvalue weighted by Crippen LogP contribution is 2.25. The van der Waals surface area contributed by atoms with Gasteiger partial charge in [0, 0.05) is 23.7 Å². The molecule has 20 heavy (non-hydrogen) atoms. The van der Waals surface area contributed by atoms with Gasteiger partial charge in [0.15, 0.2) is 0 Å². The van der Waals surface area contributed by atoms with Crippen LogP contribution in [-0.4, -0.2) is 43.4 Å². The molecule has 1 aromatic heterocycles. The van der Waals surface area contributed by atoms with Gasteiger partial charge in [-0.1, -0.05) is 12.1 Å². The molecule has 0 amide bonds. The first kappa shape index (κ1) is 14.7. The molecule has 0 bridgehead atoms. The molecule has 1 heterocycles. The van der Waals surface area contributed by atoms with Crippen molar-refractivity contribution in [1.82, 2.24) is 8.87 Å². The molecule has 2 aromatic rings. The second-order valence-electron chi connectivity index (χ2n) is 4.98. The Balaban J connectivity index is 2.76. The van der Waals surface area contributed by atoms with Gasteiger partial charge in [0.2, 0.25) is 10.0 Å². The third-order valence-corrected chi connectivity index (χ3v) is 4.80. The Morgan fingerprint density at radius 1 is 1.30 bits per heavy atom. The van der Waals surface area contributed by atoms with E-state index in [0.29, 0.717) is 17.6 Å². The van der Waals surface area contributed by atoms with Gasteiger partial charge in [-0.25, -0.2) is 12.4 Å². The van der Waals surface area contributed by atoms with E-state index in [1.165, 1.54) is 3.97 Å². The van der Waals surface area contributed by atoms with Crippen LogP contribution in [0.4, 0.5) is 0 Å². The number of aromatic nitrogens is 1. The predicted octanol–water partition coefficient (Wildman–Crippen LogP) is 1.71. The monoisotopic (exact) mass is 294 g/mol. The topological polar surface area (TPSA) is 59.4 Å². The van der Waals surface area contributed by atoms with Crippen molar-refractivity contribution in [2.45, 2.75) is 13.5 Å². The van der Waals surface area contributed by atoms with E-state index in [9.17, 15) is 13.2 Å². The van der Waals surface area contributed by atoms with Gasteiger partial charge in [-0.2, -0.15) is 0 Å². The molecule has 0 unspecified atom stereocenters. The summed E-state index contributed by atoms with van der Waals surface area (Å²) in [6, 6.07) is 5.13. The van der Waals surface area contributed by atoms with Gasteiger partial charge < -0.3 is 4.90 Å². The van der Waals surface area contributed by atoms with Crippen LogP contribution in [0.15, 0.2) is 24.4 Å². The van der Waals surface area contributed by atoms with Crippen molar-refractivity contribution in [2.24, 2.45) is 0 Å². The second kappa shape index (κ2) is 5.38. The standard InChI is InChI=1S/C14H18N2O3S/c1-4-20(18,19)16-9-12(8-15(2)3)13-6-5-11(10-17)7-14(13)16/h5-7,9-10H,4,8H2,1-3H3. The molecule has 0 spiro atoms. The largest absolute Gasteiger partial charge is 0.305 e. The molecule has 0 N–H and O–H groups in total. The summed E-state index contributed by atoms with van der Waals surface area (Å²) in [5.41, 5.74) is 1.97. The first-order chi connectivity index (χ1) is 9.39. The quantitative estimate of drug-likeness (QED) is 0.788. The summed E-state index contributed by atoms with van der Waals surface area (Å²) in [6.07, 6.45) is 2.37. The molecule has 0 radical (unpaired) electrons. The number of nitrogens with zero attached hydrogens (tertiary/aromatic N) is 2. The minimum absolute atomic E-state index is 0.0174. The Morgan fingerprint density at radius 3 is 2.55 bits per heavy atom. The molecule has 6 heteroatoms. The van der Waals surface area contributed by atoms with Crippen molar-refractivity contribution < 1.29 is 13.2 Å². The average Bonchev–Trinajstić information content (AvgIpc) is 2.76. The summed E-state index contributed by atoms with van der Waals surface area (Å²) in [5.74, 6) is 0.0174. The van der Waals surface area contributed by atoms with Gasteiger partial charge >= 0.3 is 0 Å². The number of aldehydes is 1. The van der Waals surface area contributed by atoms with Gasteiger partial charge in [-0.15, -0.1) is 0 Å². The molecule has 0 fully saturated rings. The molecule has 0 aliphatic heterocycles. The van der Waals surface area contributed by atoms with E-state index in [0.717, 1.165) is 17.2 Å². The Morgan fingerprint density at radius 2 is 2.00 bits per heavy atom. The molecule has 0 aliphatic rings. The number of carbonyl (C=O) groups is 1. The predicted molar refractivity (Wildman–Crippen MR) is 79.6 cm³/mol. The Hall–Kier alpha value is -1.66. The van der Waals surface area contributed by atoms with Crippen LogP contribution in [0.3, 0.4) is 0 Å². The van der Waals surface area contributed by atoms with Gasteiger partial charge in [0.05, 0.1) is 11.3 Å². The van der Waals surface area contributed by atoms with Crippen LogP contribution in [0.2, 0.25) is 0 Å². The number of benzene rings is 1. The van der Waals surface area contributed by atoms with Gasteiger partial charge in [0.1, 0.15) is 6.29 Å².